The van der Waals surface area contributed by atoms with Gasteiger partial charge < -0.3 is 9.80 Å². The largest absolute Gasteiger partial charge is 0.352 e. The average Bonchev–Trinajstić information content (AvgIpc) is 2.68. The van der Waals surface area contributed by atoms with Gasteiger partial charge in [0.2, 0.25) is 5.91 Å². The van der Waals surface area contributed by atoms with Gasteiger partial charge in [-0.1, -0.05) is 0 Å². The molecule has 7 heteroatoms. The summed E-state index contributed by atoms with van der Waals surface area (Å²) < 4.78 is 0. The molecule has 1 aliphatic rings. The van der Waals surface area contributed by atoms with Crippen molar-refractivity contribution < 1.29 is 4.79 Å². The van der Waals surface area contributed by atoms with Gasteiger partial charge >= 0.3 is 0 Å². The van der Waals surface area contributed by atoms with Gasteiger partial charge in [0.1, 0.15) is 5.82 Å². The number of anilines is 1. The number of carbonyl (C=O) groups excluding carboxylic acids is 1. The molecule has 1 aliphatic heterocycles. The van der Waals surface area contributed by atoms with Gasteiger partial charge in [0.05, 0.1) is 12.7 Å². The molecule has 3 heterocycles. The van der Waals surface area contributed by atoms with Crippen molar-refractivity contribution in [1.29, 1.82) is 0 Å². The maximum absolute atomic E-state index is 12.6. The standard InChI is InChI=1S/C18H24N6O/c1-15(16-3-5-19-6-4-16)22(2)14-18(25)24-11-9-23(10-12-24)17-13-20-7-8-21-17/h3-8,13,15H,9-12,14H2,1-2H3/t15-/m1/s1. The van der Waals surface area contributed by atoms with Gasteiger partial charge in [0.25, 0.3) is 0 Å². The lowest BCUT2D eigenvalue weighted by Gasteiger charge is -2.36. The first-order valence-corrected chi connectivity index (χ1v) is 8.54. The highest BCUT2D eigenvalue weighted by Gasteiger charge is 2.24. The number of hydrogen-bond donors (Lipinski definition) is 0. The summed E-state index contributed by atoms with van der Waals surface area (Å²) in [6.07, 6.45) is 8.70. The first kappa shape index (κ1) is 17.3. The zero-order valence-electron chi connectivity index (χ0n) is 14.7. The second-order valence-electron chi connectivity index (χ2n) is 6.30. The van der Waals surface area contributed by atoms with E-state index in [2.05, 4.69) is 31.7 Å². The van der Waals surface area contributed by atoms with E-state index in [0.29, 0.717) is 19.6 Å². The average molecular weight is 340 g/mol. The van der Waals surface area contributed by atoms with Crippen LogP contribution in [0.1, 0.15) is 18.5 Å². The van der Waals surface area contributed by atoms with Gasteiger partial charge in [-0.2, -0.15) is 0 Å². The van der Waals surface area contributed by atoms with Crippen molar-refractivity contribution >= 4 is 11.7 Å². The smallest absolute Gasteiger partial charge is 0.236 e. The molecule has 0 bridgehead atoms. The van der Waals surface area contributed by atoms with E-state index < -0.39 is 0 Å². The number of aromatic nitrogens is 3. The number of carbonyl (C=O) groups is 1. The third-order valence-electron chi connectivity index (χ3n) is 4.74. The summed E-state index contributed by atoms with van der Waals surface area (Å²) in [5.41, 5.74) is 1.16. The lowest BCUT2D eigenvalue weighted by atomic mass is 10.1. The van der Waals surface area contributed by atoms with Crippen LogP contribution >= 0.6 is 0 Å². The SMILES string of the molecule is C[C@H](c1ccncc1)N(C)CC(=O)N1CCN(c2cnccn2)CC1. The van der Waals surface area contributed by atoms with Crippen LogP contribution in [0, 0.1) is 0 Å². The Balaban J connectivity index is 1.51. The number of pyridine rings is 1. The Morgan fingerprint density at radius 3 is 2.48 bits per heavy atom. The molecule has 1 saturated heterocycles. The molecule has 1 atom stereocenters. The van der Waals surface area contributed by atoms with E-state index in [4.69, 9.17) is 0 Å². The minimum absolute atomic E-state index is 0.169. The molecule has 1 amide bonds. The van der Waals surface area contributed by atoms with Gasteiger partial charge in [0, 0.05) is 57.0 Å². The van der Waals surface area contributed by atoms with Gasteiger partial charge in [-0.3, -0.25) is 19.7 Å². The van der Waals surface area contributed by atoms with Crippen LogP contribution in [0.4, 0.5) is 5.82 Å². The van der Waals surface area contributed by atoms with Crippen molar-refractivity contribution in [3.63, 3.8) is 0 Å². The fourth-order valence-electron chi connectivity index (χ4n) is 2.99. The first-order chi connectivity index (χ1) is 12.1. The van der Waals surface area contributed by atoms with E-state index in [1.165, 1.54) is 0 Å². The topological polar surface area (TPSA) is 65.5 Å². The molecule has 25 heavy (non-hydrogen) atoms. The lowest BCUT2D eigenvalue weighted by Crippen LogP contribution is -2.51. The summed E-state index contributed by atoms with van der Waals surface area (Å²) in [5.74, 6) is 1.04. The molecular formula is C18H24N6O. The van der Waals surface area contributed by atoms with E-state index in [1.54, 1.807) is 31.0 Å². The third-order valence-corrected chi connectivity index (χ3v) is 4.74. The fraction of sp³-hybridized carbons (Fsp3) is 0.444. The Kier molecular flexibility index (Phi) is 5.55. The Morgan fingerprint density at radius 1 is 1.12 bits per heavy atom. The van der Waals surface area contributed by atoms with E-state index in [0.717, 1.165) is 24.5 Å². The van der Waals surface area contributed by atoms with Crippen molar-refractivity contribution in [3.05, 3.63) is 48.7 Å². The van der Waals surface area contributed by atoms with Gasteiger partial charge in [-0.25, -0.2) is 4.98 Å². The Morgan fingerprint density at radius 2 is 1.84 bits per heavy atom. The summed E-state index contributed by atoms with van der Waals surface area (Å²) in [7, 11) is 1.98. The van der Waals surface area contributed by atoms with E-state index in [1.807, 2.05) is 24.1 Å². The summed E-state index contributed by atoms with van der Waals surface area (Å²) in [4.78, 5) is 31.3. The molecule has 1 fully saturated rings. The fourth-order valence-corrected chi connectivity index (χ4v) is 2.99. The van der Waals surface area contributed by atoms with Crippen molar-refractivity contribution in [1.82, 2.24) is 24.8 Å². The van der Waals surface area contributed by atoms with Gasteiger partial charge in [-0.05, 0) is 31.7 Å². The summed E-state index contributed by atoms with van der Waals surface area (Å²) in [5, 5.41) is 0. The molecule has 0 N–H and O–H groups in total. The van der Waals surface area contributed by atoms with Crippen LogP contribution in [0.15, 0.2) is 43.1 Å². The van der Waals surface area contributed by atoms with E-state index in [9.17, 15) is 4.79 Å². The highest BCUT2D eigenvalue weighted by Crippen LogP contribution is 2.18. The molecule has 2 aromatic heterocycles. The molecular weight excluding hydrogens is 316 g/mol. The maximum Gasteiger partial charge on any atom is 0.236 e. The number of amides is 1. The second kappa shape index (κ2) is 8.02. The minimum Gasteiger partial charge on any atom is -0.352 e. The summed E-state index contributed by atoms with van der Waals surface area (Å²) in [6, 6.07) is 4.16. The molecule has 132 valence electrons. The van der Waals surface area contributed by atoms with Gasteiger partial charge in [0.15, 0.2) is 0 Å². The molecule has 3 rings (SSSR count). The molecule has 2 aromatic rings. The zero-order valence-corrected chi connectivity index (χ0v) is 14.7. The maximum atomic E-state index is 12.6. The van der Waals surface area contributed by atoms with Crippen molar-refractivity contribution in [3.8, 4) is 0 Å². The zero-order chi connectivity index (χ0) is 17.6. The third kappa shape index (κ3) is 4.30. The van der Waals surface area contributed by atoms with Crippen LogP contribution in [0.5, 0.6) is 0 Å². The molecule has 0 aliphatic carbocycles. The van der Waals surface area contributed by atoms with Crippen LogP contribution in [0.3, 0.4) is 0 Å². The van der Waals surface area contributed by atoms with Crippen molar-refractivity contribution in [2.24, 2.45) is 0 Å². The van der Waals surface area contributed by atoms with Crippen LogP contribution in [-0.4, -0.2) is 70.4 Å². The highest BCUT2D eigenvalue weighted by atomic mass is 16.2. The van der Waals surface area contributed by atoms with Crippen molar-refractivity contribution in [2.45, 2.75) is 13.0 Å². The number of nitrogens with zero attached hydrogens (tertiary/aromatic N) is 6. The number of hydrogen-bond acceptors (Lipinski definition) is 6. The van der Waals surface area contributed by atoms with Gasteiger partial charge in [-0.15, -0.1) is 0 Å². The second-order valence-corrected chi connectivity index (χ2v) is 6.30. The number of likely N-dealkylation sites (N-methyl/N-ethyl adjacent to an activating group) is 1. The molecule has 0 spiro atoms. The van der Waals surface area contributed by atoms with E-state index >= 15 is 0 Å². The number of piperazine rings is 1. The predicted molar refractivity (Wildman–Crippen MR) is 96.1 cm³/mol. The Labute approximate surface area is 148 Å². The van der Waals surface area contributed by atoms with Crippen LogP contribution in [-0.2, 0) is 4.79 Å². The first-order valence-electron chi connectivity index (χ1n) is 8.54. The number of rotatable bonds is 5. The summed E-state index contributed by atoms with van der Waals surface area (Å²) in [6.45, 7) is 5.52. The highest BCUT2D eigenvalue weighted by molar-refractivity contribution is 5.78. The molecule has 0 saturated carbocycles. The quantitative estimate of drug-likeness (QED) is 0.815. The Bertz CT molecular complexity index is 672. The van der Waals surface area contributed by atoms with Crippen LogP contribution < -0.4 is 4.90 Å². The van der Waals surface area contributed by atoms with Crippen LogP contribution in [0.25, 0.3) is 0 Å². The van der Waals surface area contributed by atoms with E-state index in [-0.39, 0.29) is 11.9 Å². The normalized spacial score (nSPS) is 16.1. The molecule has 0 unspecified atom stereocenters. The monoisotopic (exact) mass is 340 g/mol. The van der Waals surface area contributed by atoms with Crippen molar-refractivity contribution in [2.75, 3.05) is 44.7 Å². The Hall–Kier alpha value is -2.54. The molecule has 0 aromatic carbocycles. The molecule has 0 radical (unpaired) electrons. The van der Waals surface area contributed by atoms with Crippen LogP contribution in [0.2, 0.25) is 0 Å². The minimum atomic E-state index is 0.169. The predicted octanol–water partition coefficient (Wildman–Crippen LogP) is 1.21. The molecule has 7 nitrogen and oxygen atoms in total. The lowest BCUT2D eigenvalue weighted by molar-refractivity contribution is -0.132. The summed E-state index contributed by atoms with van der Waals surface area (Å²) >= 11 is 0.